The lowest BCUT2D eigenvalue weighted by Crippen LogP contribution is -2.15. The van der Waals surface area contributed by atoms with Gasteiger partial charge in [0.1, 0.15) is 0 Å². The van der Waals surface area contributed by atoms with Gasteiger partial charge in [0.05, 0.1) is 0 Å². The minimum absolute atomic E-state index is 0.0166. The first-order valence-corrected chi connectivity index (χ1v) is 22.4. The van der Waals surface area contributed by atoms with Gasteiger partial charge >= 0.3 is 0 Å². The average molecular weight is 805 g/mol. The number of hydrogen-bond donors (Lipinski definition) is 0. The van der Waals surface area contributed by atoms with Crippen molar-refractivity contribution in [1.82, 2.24) is 0 Å². The molecule has 0 heteroatoms. The maximum absolute atomic E-state index is 2.45. The molecule has 0 radical (unpaired) electrons. The molecule has 0 saturated carbocycles. The fourth-order valence-corrected chi connectivity index (χ4v) is 11.2. The van der Waals surface area contributed by atoms with Crippen LogP contribution in [0.25, 0.3) is 99.4 Å². The summed E-state index contributed by atoms with van der Waals surface area (Å²) in [6, 6.07) is 75.1. The number of aryl methyl sites for hydroxylation is 1. The van der Waals surface area contributed by atoms with Gasteiger partial charge in [-0.2, -0.15) is 0 Å². The summed E-state index contributed by atoms with van der Waals surface area (Å²) >= 11 is 0. The SMILES string of the molecule is Cc1c2ccccc2c(-c2ccc(-c3ccc(-c4ccc(-c5ccc6c(c5)C(C)(C)c5cc(-c7ccc8c(c7)C(C)(C)c7ccccc7-8)ccc5-6)cc4)cc3)cc2)c2ccccc12. The third-order valence-corrected chi connectivity index (χ3v) is 14.7. The van der Waals surface area contributed by atoms with Gasteiger partial charge in [0.2, 0.25) is 0 Å². The Hall–Kier alpha value is -7.28. The van der Waals surface area contributed by atoms with Crippen molar-refractivity contribution in [2.75, 3.05) is 0 Å². The highest BCUT2D eigenvalue weighted by Gasteiger charge is 2.37. The molecule has 0 unspecified atom stereocenters. The highest BCUT2D eigenvalue weighted by Crippen LogP contribution is 2.53. The molecule has 10 aromatic rings. The first kappa shape index (κ1) is 37.5. The lowest BCUT2D eigenvalue weighted by molar-refractivity contribution is 0.659. The Labute approximate surface area is 371 Å². The lowest BCUT2D eigenvalue weighted by atomic mass is 9.80. The normalized spacial score (nSPS) is 14.0. The maximum atomic E-state index is 2.45. The van der Waals surface area contributed by atoms with Gasteiger partial charge in [-0.15, -0.1) is 0 Å². The molecule has 63 heavy (non-hydrogen) atoms. The number of hydrogen-bond acceptors (Lipinski definition) is 0. The van der Waals surface area contributed by atoms with Gasteiger partial charge in [0, 0.05) is 10.8 Å². The van der Waals surface area contributed by atoms with Crippen LogP contribution in [0.1, 0.15) is 55.5 Å². The zero-order valence-electron chi connectivity index (χ0n) is 36.6. The van der Waals surface area contributed by atoms with Gasteiger partial charge in [-0.05, 0) is 152 Å². The summed E-state index contributed by atoms with van der Waals surface area (Å²) < 4.78 is 0. The second-order valence-corrected chi connectivity index (χ2v) is 18.9. The van der Waals surface area contributed by atoms with E-state index in [1.54, 1.807) is 0 Å². The second-order valence-electron chi connectivity index (χ2n) is 18.9. The molecule has 0 amide bonds. The standard InChI is InChI=1S/C63H48/c1-39-49-12-6-8-15-55(49)61(56-16-9-7-13-50(39)56)45-28-26-43(27-29-45)41-20-18-40(19-21-41)42-22-24-44(25-23-42)46-30-33-53-54-35-32-48(38-60(54)63(4,5)59(53)36-46)47-31-34-52-51-14-10-11-17-57(51)62(2,3)58(52)37-47/h6-38H,1-5H3. The van der Waals surface area contributed by atoms with Gasteiger partial charge in [-0.3, -0.25) is 0 Å². The summed E-state index contributed by atoms with van der Waals surface area (Å²) in [5.41, 5.74) is 24.8. The monoisotopic (exact) mass is 804 g/mol. The molecule has 0 saturated heterocycles. The molecule has 0 fully saturated rings. The van der Waals surface area contributed by atoms with Crippen LogP contribution >= 0.6 is 0 Å². The molecule has 2 aliphatic carbocycles. The molecule has 0 bridgehead atoms. The van der Waals surface area contributed by atoms with E-state index in [9.17, 15) is 0 Å². The quantitative estimate of drug-likeness (QED) is 0.152. The third-order valence-electron chi connectivity index (χ3n) is 14.7. The van der Waals surface area contributed by atoms with Crippen LogP contribution in [0.5, 0.6) is 0 Å². The Bertz CT molecular complexity index is 3410. The molecule has 300 valence electrons. The topological polar surface area (TPSA) is 0 Å². The summed E-state index contributed by atoms with van der Waals surface area (Å²) in [4.78, 5) is 0. The minimum atomic E-state index is -0.117. The third kappa shape index (κ3) is 5.74. The van der Waals surface area contributed by atoms with Gasteiger partial charge in [-0.25, -0.2) is 0 Å². The van der Waals surface area contributed by atoms with E-state index in [-0.39, 0.29) is 10.8 Å². The fourth-order valence-electron chi connectivity index (χ4n) is 11.2. The van der Waals surface area contributed by atoms with E-state index in [1.165, 1.54) is 127 Å². The Morgan fingerprint density at radius 2 is 0.540 bits per heavy atom. The summed E-state index contributed by atoms with van der Waals surface area (Å²) in [6.07, 6.45) is 0. The van der Waals surface area contributed by atoms with Crippen LogP contribution in [0.15, 0.2) is 200 Å². The molecular formula is C63H48. The van der Waals surface area contributed by atoms with Gasteiger partial charge in [0.25, 0.3) is 0 Å². The molecule has 12 rings (SSSR count). The Balaban J connectivity index is 0.787. The van der Waals surface area contributed by atoms with Crippen molar-refractivity contribution in [1.29, 1.82) is 0 Å². The highest BCUT2D eigenvalue weighted by molar-refractivity contribution is 6.15. The zero-order valence-corrected chi connectivity index (χ0v) is 36.6. The molecule has 10 aromatic carbocycles. The van der Waals surface area contributed by atoms with Crippen LogP contribution in [-0.2, 0) is 10.8 Å². The van der Waals surface area contributed by atoms with E-state index in [1.807, 2.05) is 0 Å². The van der Waals surface area contributed by atoms with E-state index in [2.05, 4.69) is 235 Å². The van der Waals surface area contributed by atoms with Crippen LogP contribution in [0.2, 0.25) is 0 Å². The van der Waals surface area contributed by atoms with Gasteiger partial charge in [-0.1, -0.05) is 210 Å². The predicted octanol–water partition coefficient (Wildman–Crippen LogP) is 17.2. The summed E-state index contributed by atoms with van der Waals surface area (Å²) in [6.45, 7) is 11.8. The zero-order chi connectivity index (χ0) is 42.6. The summed E-state index contributed by atoms with van der Waals surface area (Å²) in [7, 11) is 0. The molecule has 0 heterocycles. The number of benzene rings is 10. The van der Waals surface area contributed by atoms with Gasteiger partial charge < -0.3 is 0 Å². The fraction of sp³-hybridized carbons (Fsp3) is 0.111. The molecule has 2 aliphatic rings. The minimum Gasteiger partial charge on any atom is -0.0619 e. The first-order chi connectivity index (χ1) is 30.6. The van der Waals surface area contributed by atoms with Crippen molar-refractivity contribution >= 4 is 21.5 Å². The van der Waals surface area contributed by atoms with E-state index in [0.717, 1.165) is 0 Å². The summed E-state index contributed by atoms with van der Waals surface area (Å²) in [5.74, 6) is 0. The van der Waals surface area contributed by atoms with E-state index in [0.29, 0.717) is 0 Å². The van der Waals surface area contributed by atoms with Crippen molar-refractivity contribution < 1.29 is 0 Å². The molecule has 0 spiro atoms. The predicted molar refractivity (Wildman–Crippen MR) is 268 cm³/mol. The van der Waals surface area contributed by atoms with Crippen molar-refractivity contribution in [3.63, 3.8) is 0 Å². The molecule has 0 nitrogen and oxygen atoms in total. The Kier molecular flexibility index (Phi) is 8.25. The van der Waals surface area contributed by atoms with Crippen molar-refractivity contribution in [2.24, 2.45) is 0 Å². The van der Waals surface area contributed by atoms with Crippen molar-refractivity contribution in [3.8, 4) is 77.9 Å². The van der Waals surface area contributed by atoms with E-state index >= 15 is 0 Å². The Morgan fingerprint density at radius 3 is 0.968 bits per heavy atom. The van der Waals surface area contributed by atoms with E-state index < -0.39 is 0 Å². The average Bonchev–Trinajstić information content (AvgIpc) is 3.70. The lowest BCUT2D eigenvalue weighted by Gasteiger charge is -2.23. The van der Waals surface area contributed by atoms with Crippen LogP contribution < -0.4 is 0 Å². The molecular weight excluding hydrogens is 757 g/mol. The number of rotatable bonds is 5. The van der Waals surface area contributed by atoms with E-state index in [4.69, 9.17) is 0 Å². The molecule has 0 aliphatic heterocycles. The van der Waals surface area contributed by atoms with Crippen LogP contribution in [0.4, 0.5) is 0 Å². The van der Waals surface area contributed by atoms with Crippen molar-refractivity contribution in [2.45, 2.75) is 45.4 Å². The molecule has 0 atom stereocenters. The van der Waals surface area contributed by atoms with Crippen molar-refractivity contribution in [3.05, 3.63) is 228 Å². The molecule has 0 aromatic heterocycles. The Morgan fingerprint density at radius 1 is 0.254 bits per heavy atom. The van der Waals surface area contributed by atoms with Crippen LogP contribution in [0.3, 0.4) is 0 Å². The maximum Gasteiger partial charge on any atom is 0.0159 e. The highest BCUT2D eigenvalue weighted by atomic mass is 14.4. The first-order valence-electron chi connectivity index (χ1n) is 22.4. The van der Waals surface area contributed by atoms with Gasteiger partial charge in [0.15, 0.2) is 0 Å². The largest absolute Gasteiger partial charge is 0.0619 e. The van der Waals surface area contributed by atoms with Crippen LogP contribution in [-0.4, -0.2) is 0 Å². The van der Waals surface area contributed by atoms with Crippen LogP contribution in [0, 0.1) is 6.92 Å². The summed E-state index contributed by atoms with van der Waals surface area (Å²) in [5, 5.41) is 5.24. The second kappa shape index (κ2) is 13.9. The number of fused-ring (bicyclic) bond motifs is 8. The smallest absolute Gasteiger partial charge is 0.0159 e. The molecule has 0 N–H and O–H groups in total.